The molecule has 1 aromatic carbocycles. The van der Waals surface area contributed by atoms with Crippen molar-refractivity contribution in [3.8, 4) is 0 Å². The van der Waals surface area contributed by atoms with Gasteiger partial charge in [0.25, 0.3) is 5.91 Å². The molecule has 1 aromatic heterocycles. The average molecular weight is 431 g/mol. The molecule has 2 aliphatic rings. The molecule has 1 aliphatic heterocycles. The molecule has 0 fully saturated rings. The van der Waals surface area contributed by atoms with Crippen molar-refractivity contribution < 1.29 is 9.59 Å². The molecule has 0 spiro atoms. The van der Waals surface area contributed by atoms with Crippen LogP contribution in [0.3, 0.4) is 0 Å². The number of aromatic nitrogens is 1. The van der Waals surface area contributed by atoms with Gasteiger partial charge in [0.15, 0.2) is 5.78 Å². The van der Waals surface area contributed by atoms with Crippen molar-refractivity contribution in [1.82, 2.24) is 10.3 Å². The van der Waals surface area contributed by atoms with E-state index in [0.29, 0.717) is 17.7 Å². The molecule has 166 valence electrons. The van der Waals surface area contributed by atoms with E-state index in [1.807, 2.05) is 6.92 Å². The summed E-state index contributed by atoms with van der Waals surface area (Å²) in [7, 11) is 0. The summed E-state index contributed by atoms with van der Waals surface area (Å²) in [6, 6.07) is 11.9. The monoisotopic (exact) mass is 430 g/mol. The quantitative estimate of drug-likeness (QED) is 0.704. The van der Waals surface area contributed by atoms with Crippen molar-refractivity contribution in [3.05, 3.63) is 76.9 Å². The van der Waals surface area contributed by atoms with Gasteiger partial charge in [-0.2, -0.15) is 0 Å². The second-order valence-corrected chi connectivity index (χ2v) is 8.23. The summed E-state index contributed by atoms with van der Waals surface area (Å²) < 4.78 is 0. The molecule has 0 saturated carbocycles. The summed E-state index contributed by atoms with van der Waals surface area (Å²) in [6.45, 7) is 8.03. The van der Waals surface area contributed by atoms with Gasteiger partial charge in [0.1, 0.15) is 0 Å². The minimum absolute atomic E-state index is 0.121. The minimum atomic E-state index is -0.388. The van der Waals surface area contributed by atoms with Crippen molar-refractivity contribution in [3.63, 3.8) is 0 Å². The Morgan fingerprint density at radius 1 is 1.16 bits per heavy atom. The highest BCUT2D eigenvalue weighted by molar-refractivity contribution is 6.09. The topological polar surface area (TPSA) is 74.3 Å². The van der Waals surface area contributed by atoms with Crippen LogP contribution in [-0.4, -0.2) is 29.8 Å². The molecule has 0 radical (unpaired) electrons. The lowest BCUT2D eigenvalue weighted by molar-refractivity contribution is -0.116. The van der Waals surface area contributed by atoms with Gasteiger partial charge in [0.05, 0.1) is 11.9 Å². The van der Waals surface area contributed by atoms with Crippen molar-refractivity contribution >= 4 is 23.1 Å². The van der Waals surface area contributed by atoms with Gasteiger partial charge in [-0.25, -0.2) is 0 Å². The van der Waals surface area contributed by atoms with E-state index in [4.69, 9.17) is 0 Å². The summed E-state index contributed by atoms with van der Waals surface area (Å²) in [6.07, 6.45) is 5.46. The van der Waals surface area contributed by atoms with Crippen LogP contribution in [0.1, 0.15) is 51.5 Å². The van der Waals surface area contributed by atoms with Crippen LogP contribution < -0.4 is 15.5 Å². The Balaban J connectivity index is 1.76. The number of carbonyl (C=O) groups excluding carboxylic acids is 2. The van der Waals surface area contributed by atoms with E-state index in [0.717, 1.165) is 54.1 Å². The fourth-order valence-electron chi connectivity index (χ4n) is 4.72. The number of amides is 1. The van der Waals surface area contributed by atoms with E-state index in [1.54, 1.807) is 24.5 Å². The summed E-state index contributed by atoms with van der Waals surface area (Å²) >= 11 is 0. The molecular formula is C26H30N4O2. The number of dihydropyridines is 1. The molecule has 32 heavy (non-hydrogen) atoms. The molecule has 4 rings (SSSR count). The summed E-state index contributed by atoms with van der Waals surface area (Å²) in [4.78, 5) is 32.8. The van der Waals surface area contributed by atoms with Gasteiger partial charge in [-0.05, 0) is 63.4 Å². The fraction of sp³-hybridized carbons (Fsp3) is 0.346. The highest BCUT2D eigenvalue weighted by Gasteiger charge is 2.38. The maximum absolute atomic E-state index is 13.4. The number of pyridine rings is 1. The highest BCUT2D eigenvalue weighted by atomic mass is 16.2. The second kappa shape index (κ2) is 9.39. The lowest BCUT2D eigenvalue weighted by Gasteiger charge is -2.34. The van der Waals surface area contributed by atoms with Crippen LogP contribution in [0.15, 0.2) is 71.3 Å². The summed E-state index contributed by atoms with van der Waals surface area (Å²) in [5.41, 5.74) is 5.78. The normalized spacial score (nSPS) is 18.2. The number of allylic oxidation sites excluding steroid dienone is 3. The smallest absolute Gasteiger partial charge is 0.254 e. The molecule has 0 bridgehead atoms. The van der Waals surface area contributed by atoms with Gasteiger partial charge < -0.3 is 15.5 Å². The van der Waals surface area contributed by atoms with Crippen molar-refractivity contribution in [2.24, 2.45) is 0 Å². The molecule has 0 saturated heterocycles. The molecule has 2 aromatic rings. The number of Topliss-reactive ketones (excluding diaryl/α,β-unsaturated/α-hetero) is 1. The van der Waals surface area contributed by atoms with E-state index in [-0.39, 0.29) is 17.6 Å². The number of rotatable bonds is 6. The maximum Gasteiger partial charge on any atom is 0.254 e. The molecule has 6 nitrogen and oxygen atoms in total. The SMILES string of the molecule is CCN(CC)c1ccc(C2C(C(=O)Nc3cccnc3)=C(C)NC3=C2C(=O)CCC3)cc1. The summed E-state index contributed by atoms with van der Waals surface area (Å²) in [5.74, 6) is -0.483. The van der Waals surface area contributed by atoms with Gasteiger partial charge in [0, 0.05) is 59.9 Å². The molecule has 1 atom stereocenters. The first-order valence-corrected chi connectivity index (χ1v) is 11.3. The van der Waals surface area contributed by atoms with Gasteiger partial charge >= 0.3 is 0 Å². The van der Waals surface area contributed by atoms with Crippen LogP contribution in [-0.2, 0) is 9.59 Å². The van der Waals surface area contributed by atoms with E-state index in [9.17, 15) is 9.59 Å². The number of nitrogens with zero attached hydrogens (tertiary/aromatic N) is 2. The molecule has 1 unspecified atom stereocenters. The predicted molar refractivity (Wildman–Crippen MR) is 127 cm³/mol. The molecule has 1 amide bonds. The van der Waals surface area contributed by atoms with Crippen LogP contribution in [0, 0.1) is 0 Å². The Morgan fingerprint density at radius 3 is 2.56 bits per heavy atom. The van der Waals surface area contributed by atoms with Crippen LogP contribution in [0.2, 0.25) is 0 Å². The number of nitrogens with one attached hydrogen (secondary N) is 2. The van der Waals surface area contributed by atoms with Crippen molar-refractivity contribution in [1.29, 1.82) is 0 Å². The lowest BCUT2D eigenvalue weighted by Crippen LogP contribution is -2.35. The number of benzene rings is 1. The number of ketones is 1. The van der Waals surface area contributed by atoms with Crippen molar-refractivity contribution in [2.45, 2.75) is 46.0 Å². The maximum atomic E-state index is 13.4. The Labute approximate surface area is 189 Å². The minimum Gasteiger partial charge on any atom is -0.372 e. The standard InChI is InChI=1S/C26H30N4O2/c1-4-30(5-2)20-13-11-18(12-14-20)24-23(26(32)29-19-8-7-15-27-16-19)17(3)28-21-9-6-10-22(31)25(21)24/h7-8,11-16,24,28H,4-6,9-10H2,1-3H3,(H,29,32). The van der Waals surface area contributed by atoms with E-state index < -0.39 is 0 Å². The van der Waals surface area contributed by atoms with Gasteiger partial charge in [-0.1, -0.05) is 12.1 Å². The van der Waals surface area contributed by atoms with E-state index in [2.05, 4.69) is 58.6 Å². The van der Waals surface area contributed by atoms with Crippen LogP contribution >= 0.6 is 0 Å². The van der Waals surface area contributed by atoms with Crippen molar-refractivity contribution in [2.75, 3.05) is 23.3 Å². The van der Waals surface area contributed by atoms with Crippen LogP contribution in [0.5, 0.6) is 0 Å². The highest BCUT2D eigenvalue weighted by Crippen LogP contribution is 2.42. The Kier molecular flexibility index (Phi) is 6.40. The zero-order valence-electron chi connectivity index (χ0n) is 18.9. The van der Waals surface area contributed by atoms with Gasteiger partial charge in [0.2, 0.25) is 0 Å². The Morgan fingerprint density at radius 2 is 1.91 bits per heavy atom. The third-order valence-electron chi connectivity index (χ3n) is 6.29. The first-order valence-electron chi connectivity index (χ1n) is 11.3. The number of hydrogen-bond donors (Lipinski definition) is 2. The first-order chi connectivity index (χ1) is 15.5. The predicted octanol–water partition coefficient (Wildman–Crippen LogP) is 4.53. The van der Waals surface area contributed by atoms with Gasteiger partial charge in [-0.3, -0.25) is 14.6 Å². The molecule has 2 N–H and O–H groups in total. The summed E-state index contributed by atoms with van der Waals surface area (Å²) in [5, 5.41) is 6.33. The average Bonchev–Trinajstić information content (AvgIpc) is 2.80. The Hall–Kier alpha value is -3.41. The molecule has 2 heterocycles. The first kappa shape index (κ1) is 21.8. The number of carbonyl (C=O) groups is 2. The second-order valence-electron chi connectivity index (χ2n) is 8.23. The third kappa shape index (κ3) is 4.17. The molecule has 6 heteroatoms. The van der Waals surface area contributed by atoms with Gasteiger partial charge in [-0.15, -0.1) is 0 Å². The Bertz CT molecular complexity index is 1070. The third-order valence-corrected chi connectivity index (χ3v) is 6.29. The van der Waals surface area contributed by atoms with E-state index in [1.165, 1.54) is 0 Å². The van der Waals surface area contributed by atoms with Crippen LogP contribution in [0.25, 0.3) is 0 Å². The molecular weight excluding hydrogens is 400 g/mol. The zero-order chi connectivity index (χ0) is 22.7. The molecule has 1 aliphatic carbocycles. The van der Waals surface area contributed by atoms with Crippen LogP contribution in [0.4, 0.5) is 11.4 Å². The number of anilines is 2. The zero-order valence-corrected chi connectivity index (χ0v) is 18.9. The largest absolute Gasteiger partial charge is 0.372 e. The van der Waals surface area contributed by atoms with E-state index >= 15 is 0 Å². The fourth-order valence-corrected chi connectivity index (χ4v) is 4.72. The number of hydrogen-bond acceptors (Lipinski definition) is 5. The lowest BCUT2D eigenvalue weighted by atomic mass is 9.75.